The zero-order valence-electron chi connectivity index (χ0n) is 9.79. The lowest BCUT2D eigenvalue weighted by Gasteiger charge is -2.35. The van der Waals surface area contributed by atoms with E-state index in [4.69, 9.17) is 9.47 Å². The fraction of sp³-hybridized carbons (Fsp3) is 1.00. The highest BCUT2D eigenvalue weighted by Gasteiger charge is 2.32. The fourth-order valence-corrected chi connectivity index (χ4v) is 1.94. The van der Waals surface area contributed by atoms with Gasteiger partial charge in [0, 0.05) is 19.6 Å². The van der Waals surface area contributed by atoms with Crippen molar-refractivity contribution in [3.05, 3.63) is 0 Å². The number of rotatable bonds is 6. The highest BCUT2D eigenvalue weighted by molar-refractivity contribution is 4.85. The van der Waals surface area contributed by atoms with E-state index in [1.54, 1.807) is 0 Å². The molecule has 4 heteroatoms. The summed E-state index contributed by atoms with van der Waals surface area (Å²) in [6.07, 6.45) is 1.88. The Morgan fingerprint density at radius 3 is 2.20 bits per heavy atom. The van der Waals surface area contributed by atoms with Crippen molar-refractivity contribution < 1.29 is 14.6 Å². The van der Waals surface area contributed by atoms with Crippen LogP contribution in [0.4, 0.5) is 0 Å². The number of ether oxygens (including phenoxy) is 2. The summed E-state index contributed by atoms with van der Waals surface area (Å²) < 4.78 is 10.9. The van der Waals surface area contributed by atoms with Gasteiger partial charge >= 0.3 is 0 Å². The van der Waals surface area contributed by atoms with Crippen molar-refractivity contribution in [2.24, 2.45) is 0 Å². The third-order valence-electron chi connectivity index (χ3n) is 2.79. The molecule has 2 N–H and O–H groups in total. The molecular formula is C11H23NO3. The van der Waals surface area contributed by atoms with Gasteiger partial charge in [-0.15, -0.1) is 0 Å². The molecule has 1 fully saturated rings. The number of piperidine rings is 1. The van der Waals surface area contributed by atoms with E-state index in [9.17, 15) is 5.11 Å². The molecule has 0 bridgehead atoms. The van der Waals surface area contributed by atoms with Gasteiger partial charge in [0.2, 0.25) is 0 Å². The van der Waals surface area contributed by atoms with Crippen molar-refractivity contribution in [1.82, 2.24) is 5.32 Å². The Bertz CT molecular complexity index is 163. The van der Waals surface area contributed by atoms with E-state index in [0.29, 0.717) is 19.6 Å². The Hall–Kier alpha value is -0.160. The van der Waals surface area contributed by atoms with Crippen molar-refractivity contribution in [3.63, 3.8) is 0 Å². The zero-order chi connectivity index (χ0) is 11.1. The molecule has 0 spiro atoms. The first-order chi connectivity index (χ1) is 7.20. The molecule has 1 aliphatic heterocycles. The third kappa shape index (κ3) is 4.47. The summed E-state index contributed by atoms with van der Waals surface area (Å²) in [6.45, 7) is 6.89. The molecule has 1 rings (SSSR count). The first-order valence-corrected chi connectivity index (χ1v) is 5.86. The van der Waals surface area contributed by atoms with Crippen LogP contribution in [0.25, 0.3) is 0 Å². The van der Waals surface area contributed by atoms with Gasteiger partial charge in [-0.2, -0.15) is 0 Å². The lowest BCUT2D eigenvalue weighted by atomic mass is 9.89. The van der Waals surface area contributed by atoms with E-state index >= 15 is 0 Å². The van der Waals surface area contributed by atoms with Crippen molar-refractivity contribution in [3.8, 4) is 0 Å². The van der Waals surface area contributed by atoms with Crippen LogP contribution in [0, 0.1) is 0 Å². The lowest BCUT2D eigenvalue weighted by Crippen LogP contribution is -2.44. The van der Waals surface area contributed by atoms with Crippen LogP contribution in [-0.4, -0.2) is 43.3 Å². The summed E-state index contributed by atoms with van der Waals surface area (Å²) in [5.74, 6) is 0. The topological polar surface area (TPSA) is 50.7 Å². The Labute approximate surface area is 92.0 Å². The SMILES string of the molecule is CCOC(CC1(O)CCNCC1)OCC. The number of nitrogens with one attached hydrogen (secondary N) is 1. The average molecular weight is 217 g/mol. The van der Waals surface area contributed by atoms with Gasteiger partial charge in [-0.25, -0.2) is 0 Å². The van der Waals surface area contributed by atoms with E-state index in [1.807, 2.05) is 13.8 Å². The van der Waals surface area contributed by atoms with Gasteiger partial charge in [0.25, 0.3) is 0 Å². The molecule has 1 heterocycles. The van der Waals surface area contributed by atoms with Gasteiger partial charge < -0.3 is 19.9 Å². The van der Waals surface area contributed by atoms with E-state index < -0.39 is 5.60 Å². The van der Waals surface area contributed by atoms with Crippen LogP contribution in [0.5, 0.6) is 0 Å². The maximum absolute atomic E-state index is 10.3. The van der Waals surface area contributed by atoms with Crippen molar-refractivity contribution in [2.45, 2.75) is 45.0 Å². The standard InChI is InChI=1S/C11H23NO3/c1-3-14-10(15-4-2)9-11(13)5-7-12-8-6-11/h10,12-13H,3-9H2,1-2H3. The molecule has 0 saturated carbocycles. The molecule has 0 unspecified atom stereocenters. The molecule has 4 nitrogen and oxygen atoms in total. The highest BCUT2D eigenvalue weighted by atomic mass is 16.7. The molecule has 0 aromatic heterocycles. The van der Waals surface area contributed by atoms with Crippen LogP contribution in [0.3, 0.4) is 0 Å². The minimum atomic E-state index is -0.611. The molecule has 0 radical (unpaired) electrons. The van der Waals surface area contributed by atoms with E-state index in [1.165, 1.54) is 0 Å². The largest absolute Gasteiger partial charge is 0.390 e. The lowest BCUT2D eigenvalue weighted by molar-refractivity contribution is -0.173. The first-order valence-electron chi connectivity index (χ1n) is 5.86. The maximum Gasteiger partial charge on any atom is 0.160 e. The van der Waals surface area contributed by atoms with E-state index in [-0.39, 0.29) is 6.29 Å². The molecule has 1 saturated heterocycles. The molecule has 0 atom stereocenters. The number of hydrogen-bond acceptors (Lipinski definition) is 4. The van der Waals surface area contributed by atoms with Gasteiger partial charge in [0.15, 0.2) is 6.29 Å². The monoisotopic (exact) mass is 217 g/mol. The van der Waals surface area contributed by atoms with Gasteiger partial charge in [-0.05, 0) is 39.8 Å². The molecule has 90 valence electrons. The minimum Gasteiger partial charge on any atom is -0.390 e. The number of aliphatic hydroxyl groups is 1. The van der Waals surface area contributed by atoms with Crippen LogP contribution in [0.2, 0.25) is 0 Å². The maximum atomic E-state index is 10.3. The quantitative estimate of drug-likeness (QED) is 0.649. The van der Waals surface area contributed by atoms with Crippen LogP contribution >= 0.6 is 0 Å². The van der Waals surface area contributed by atoms with Gasteiger partial charge in [0.1, 0.15) is 0 Å². The van der Waals surface area contributed by atoms with Crippen molar-refractivity contribution in [2.75, 3.05) is 26.3 Å². The molecule has 0 amide bonds. The molecule has 0 aromatic carbocycles. The van der Waals surface area contributed by atoms with Gasteiger partial charge in [-0.3, -0.25) is 0 Å². The smallest absolute Gasteiger partial charge is 0.160 e. The normalized spacial score (nSPS) is 20.8. The van der Waals surface area contributed by atoms with Crippen LogP contribution in [0.1, 0.15) is 33.1 Å². The molecule has 0 aliphatic carbocycles. The highest BCUT2D eigenvalue weighted by Crippen LogP contribution is 2.25. The first kappa shape index (κ1) is 12.9. The summed E-state index contributed by atoms with van der Waals surface area (Å²) >= 11 is 0. The van der Waals surface area contributed by atoms with Crippen LogP contribution < -0.4 is 5.32 Å². The van der Waals surface area contributed by atoms with Gasteiger partial charge in [0.05, 0.1) is 5.60 Å². The second kappa shape index (κ2) is 6.43. The summed E-state index contributed by atoms with van der Waals surface area (Å²) in [6, 6.07) is 0. The summed E-state index contributed by atoms with van der Waals surface area (Å²) in [4.78, 5) is 0. The third-order valence-corrected chi connectivity index (χ3v) is 2.79. The summed E-state index contributed by atoms with van der Waals surface area (Å²) in [7, 11) is 0. The fourth-order valence-electron chi connectivity index (χ4n) is 1.94. The average Bonchev–Trinajstić information content (AvgIpc) is 2.19. The second-order valence-corrected chi connectivity index (χ2v) is 4.02. The predicted molar refractivity (Wildman–Crippen MR) is 58.7 cm³/mol. The van der Waals surface area contributed by atoms with Crippen LogP contribution in [-0.2, 0) is 9.47 Å². The van der Waals surface area contributed by atoms with E-state index in [2.05, 4.69) is 5.32 Å². The number of hydrogen-bond donors (Lipinski definition) is 2. The minimum absolute atomic E-state index is 0.261. The van der Waals surface area contributed by atoms with Crippen molar-refractivity contribution in [1.29, 1.82) is 0 Å². The van der Waals surface area contributed by atoms with Gasteiger partial charge in [-0.1, -0.05) is 0 Å². The molecular weight excluding hydrogens is 194 g/mol. The summed E-state index contributed by atoms with van der Waals surface area (Å²) in [5, 5.41) is 13.5. The molecule has 0 aromatic rings. The molecule has 1 aliphatic rings. The summed E-state index contributed by atoms with van der Waals surface area (Å²) in [5.41, 5.74) is -0.611. The van der Waals surface area contributed by atoms with Crippen LogP contribution in [0.15, 0.2) is 0 Å². The van der Waals surface area contributed by atoms with Crippen molar-refractivity contribution >= 4 is 0 Å². The second-order valence-electron chi connectivity index (χ2n) is 4.02. The Morgan fingerprint density at radius 1 is 1.20 bits per heavy atom. The predicted octanol–water partition coefficient (Wildman–Crippen LogP) is 0.890. The Kier molecular flexibility index (Phi) is 5.53. The Morgan fingerprint density at radius 2 is 1.73 bits per heavy atom. The zero-order valence-corrected chi connectivity index (χ0v) is 9.79. The van der Waals surface area contributed by atoms with E-state index in [0.717, 1.165) is 25.9 Å². The Balaban J connectivity index is 2.39. The molecule has 15 heavy (non-hydrogen) atoms.